The summed E-state index contributed by atoms with van der Waals surface area (Å²) >= 11 is 0. The number of ether oxygens (including phenoxy) is 1. The maximum Gasteiger partial charge on any atom is 0.121 e. The number of benzene rings is 2. The third-order valence-corrected chi connectivity index (χ3v) is 4.86. The smallest absolute Gasteiger partial charge is 0.121 e. The molecule has 6 N–H and O–H groups in total. The van der Waals surface area contributed by atoms with Crippen molar-refractivity contribution in [2.45, 2.75) is 51.5 Å². The molecule has 0 aromatic heterocycles. The molecular weight excluding hydrogens is 400 g/mol. The number of aliphatic hydroxyl groups is 4. The Morgan fingerprint density at radius 1 is 0.806 bits per heavy atom. The predicted molar refractivity (Wildman–Crippen MR) is 118 cm³/mol. The third kappa shape index (κ3) is 6.92. The molecule has 0 saturated heterocycles. The molecule has 168 valence electrons. The first-order chi connectivity index (χ1) is 14.7. The summed E-state index contributed by atoms with van der Waals surface area (Å²) in [5.74, 6) is -0.0262. The van der Waals surface area contributed by atoms with Crippen molar-refractivity contribution in [2.75, 3.05) is 0 Å². The van der Waals surface area contributed by atoms with Crippen LogP contribution in [0.25, 0.3) is 12.2 Å². The van der Waals surface area contributed by atoms with Crippen LogP contribution < -0.4 is 0 Å². The molecule has 0 heterocycles. The fraction of sp³-hybridized carbons (Fsp3) is 0.333. The maximum atomic E-state index is 10.3. The van der Waals surface area contributed by atoms with E-state index in [0.29, 0.717) is 22.3 Å². The van der Waals surface area contributed by atoms with Crippen molar-refractivity contribution in [1.82, 2.24) is 0 Å². The van der Waals surface area contributed by atoms with E-state index in [2.05, 4.69) is 0 Å². The minimum absolute atomic E-state index is 0.00226. The first kappa shape index (κ1) is 24.6. The van der Waals surface area contributed by atoms with Crippen molar-refractivity contribution >= 4 is 12.2 Å². The van der Waals surface area contributed by atoms with Crippen LogP contribution in [-0.2, 0) is 18.0 Å². The fourth-order valence-electron chi connectivity index (χ4n) is 2.92. The van der Waals surface area contributed by atoms with E-state index in [-0.39, 0.29) is 24.7 Å². The van der Waals surface area contributed by atoms with Crippen LogP contribution in [0.4, 0.5) is 0 Å². The summed E-state index contributed by atoms with van der Waals surface area (Å²) in [5.41, 5.74) is 2.02. The summed E-state index contributed by atoms with van der Waals surface area (Å²) in [4.78, 5) is 0. The number of aliphatic hydroxyl groups excluding tert-OH is 4. The Morgan fingerprint density at radius 3 is 1.90 bits per heavy atom. The SMILES string of the molecule is C[C@H](O)[C@H](O)/C=C/c1cccc(O)c1CO[C@H](/C=C/c1cccc(O)c1CO)[C@H](C)O. The van der Waals surface area contributed by atoms with Crippen LogP contribution in [0.15, 0.2) is 48.6 Å². The maximum absolute atomic E-state index is 10.3. The highest BCUT2D eigenvalue weighted by atomic mass is 16.5. The molecule has 0 unspecified atom stereocenters. The highest BCUT2D eigenvalue weighted by Crippen LogP contribution is 2.26. The van der Waals surface area contributed by atoms with Crippen molar-refractivity contribution in [3.63, 3.8) is 0 Å². The van der Waals surface area contributed by atoms with Gasteiger partial charge in [-0.15, -0.1) is 0 Å². The van der Waals surface area contributed by atoms with E-state index in [4.69, 9.17) is 4.74 Å². The van der Waals surface area contributed by atoms with Gasteiger partial charge in [0.05, 0.1) is 31.5 Å². The highest BCUT2D eigenvalue weighted by Gasteiger charge is 2.16. The number of hydrogen-bond donors (Lipinski definition) is 6. The first-order valence-electron chi connectivity index (χ1n) is 9.99. The number of rotatable bonds is 10. The van der Waals surface area contributed by atoms with E-state index in [1.165, 1.54) is 25.1 Å². The van der Waals surface area contributed by atoms with Crippen molar-refractivity contribution in [3.8, 4) is 11.5 Å². The van der Waals surface area contributed by atoms with E-state index in [9.17, 15) is 30.6 Å². The van der Waals surface area contributed by atoms with Gasteiger partial charge >= 0.3 is 0 Å². The topological polar surface area (TPSA) is 131 Å². The predicted octanol–water partition coefficient (Wildman–Crippen LogP) is 2.32. The fourth-order valence-corrected chi connectivity index (χ4v) is 2.92. The van der Waals surface area contributed by atoms with Gasteiger partial charge in [0.15, 0.2) is 0 Å². The van der Waals surface area contributed by atoms with Gasteiger partial charge in [-0.05, 0) is 37.1 Å². The molecule has 7 nitrogen and oxygen atoms in total. The van der Waals surface area contributed by atoms with Gasteiger partial charge < -0.3 is 35.4 Å². The Labute approximate surface area is 181 Å². The average molecular weight is 430 g/mol. The quantitative estimate of drug-likeness (QED) is 0.341. The van der Waals surface area contributed by atoms with Crippen molar-refractivity contribution in [3.05, 3.63) is 70.8 Å². The molecule has 0 amide bonds. The Balaban J connectivity index is 2.20. The number of aromatic hydroxyl groups is 2. The van der Waals surface area contributed by atoms with Gasteiger partial charge in [0, 0.05) is 11.1 Å². The standard InChI is InChI=1S/C24H30O7/c1-15(26)21(28)11-9-18-6-4-8-23(30)20(18)14-31-24(16(2)27)12-10-17-5-3-7-22(29)19(17)13-25/h3-12,15-16,21,24-30H,13-14H2,1-2H3/b11-9+,12-10+/t15-,16-,21+,24+/m0/s1. The Morgan fingerprint density at radius 2 is 1.35 bits per heavy atom. The Hall–Kier alpha value is -2.68. The molecule has 31 heavy (non-hydrogen) atoms. The van der Waals surface area contributed by atoms with Crippen molar-refractivity contribution in [1.29, 1.82) is 0 Å². The van der Waals surface area contributed by atoms with Gasteiger partial charge in [-0.25, -0.2) is 0 Å². The van der Waals surface area contributed by atoms with E-state index in [0.717, 1.165) is 0 Å². The molecule has 4 atom stereocenters. The van der Waals surface area contributed by atoms with Crippen LogP contribution in [0.5, 0.6) is 11.5 Å². The molecule has 2 aromatic rings. The lowest BCUT2D eigenvalue weighted by atomic mass is 10.0. The second kappa shape index (κ2) is 11.6. The van der Waals surface area contributed by atoms with E-state index < -0.39 is 24.4 Å². The minimum atomic E-state index is -1.05. The summed E-state index contributed by atoms with van der Waals surface area (Å²) < 4.78 is 5.82. The second-order valence-electron chi connectivity index (χ2n) is 7.31. The number of phenols is 2. The van der Waals surface area contributed by atoms with Gasteiger partial charge in [-0.1, -0.05) is 48.6 Å². The zero-order chi connectivity index (χ0) is 23.0. The number of hydrogen-bond acceptors (Lipinski definition) is 7. The molecule has 0 fully saturated rings. The molecule has 0 bridgehead atoms. The highest BCUT2D eigenvalue weighted by molar-refractivity contribution is 5.59. The van der Waals surface area contributed by atoms with Crippen molar-refractivity contribution in [2.24, 2.45) is 0 Å². The van der Waals surface area contributed by atoms with Gasteiger partial charge in [-0.3, -0.25) is 0 Å². The third-order valence-electron chi connectivity index (χ3n) is 4.86. The molecule has 0 radical (unpaired) electrons. The van der Waals surface area contributed by atoms with Crippen LogP contribution in [0.2, 0.25) is 0 Å². The Bertz CT molecular complexity index is 903. The zero-order valence-electron chi connectivity index (χ0n) is 17.6. The Kier molecular flexibility index (Phi) is 9.23. The van der Waals surface area contributed by atoms with E-state index in [1.54, 1.807) is 49.4 Å². The van der Waals surface area contributed by atoms with Gasteiger partial charge in [0.1, 0.15) is 17.6 Å². The monoisotopic (exact) mass is 430 g/mol. The summed E-state index contributed by atoms with van der Waals surface area (Å²) in [6.07, 6.45) is 2.70. The lowest BCUT2D eigenvalue weighted by Crippen LogP contribution is -2.24. The average Bonchev–Trinajstić information content (AvgIpc) is 2.72. The van der Waals surface area contributed by atoms with Crippen LogP contribution in [-0.4, -0.2) is 55.1 Å². The summed E-state index contributed by atoms with van der Waals surface area (Å²) in [7, 11) is 0. The first-order valence-corrected chi connectivity index (χ1v) is 9.99. The molecule has 0 aliphatic heterocycles. The largest absolute Gasteiger partial charge is 0.508 e. The van der Waals surface area contributed by atoms with Crippen LogP contribution in [0, 0.1) is 0 Å². The molecule has 0 spiro atoms. The molecule has 7 heteroatoms. The molecular formula is C24H30O7. The minimum Gasteiger partial charge on any atom is -0.508 e. The molecule has 0 saturated carbocycles. The summed E-state index contributed by atoms with van der Waals surface area (Å²) in [6, 6.07) is 9.74. The molecule has 2 rings (SSSR count). The van der Waals surface area contributed by atoms with E-state index in [1.807, 2.05) is 0 Å². The molecule has 0 aliphatic rings. The van der Waals surface area contributed by atoms with Gasteiger partial charge in [0.2, 0.25) is 0 Å². The molecule has 0 aliphatic carbocycles. The number of phenolic OH excluding ortho intramolecular Hbond substituents is 1. The second-order valence-corrected chi connectivity index (χ2v) is 7.31. The lowest BCUT2D eigenvalue weighted by Gasteiger charge is -2.19. The lowest BCUT2D eigenvalue weighted by molar-refractivity contribution is -0.0102. The normalized spacial score (nSPS) is 15.9. The van der Waals surface area contributed by atoms with Gasteiger partial charge in [-0.2, -0.15) is 0 Å². The van der Waals surface area contributed by atoms with E-state index >= 15 is 0 Å². The molecule has 2 aromatic carbocycles. The van der Waals surface area contributed by atoms with Gasteiger partial charge in [0.25, 0.3) is 0 Å². The van der Waals surface area contributed by atoms with Crippen LogP contribution in [0.1, 0.15) is 36.1 Å². The van der Waals surface area contributed by atoms with Crippen LogP contribution in [0.3, 0.4) is 0 Å². The van der Waals surface area contributed by atoms with Crippen molar-refractivity contribution < 1.29 is 35.4 Å². The van der Waals surface area contributed by atoms with Crippen LogP contribution >= 0.6 is 0 Å². The summed E-state index contributed by atoms with van der Waals surface area (Å²) in [6.45, 7) is 2.67. The zero-order valence-corrected chi connectivity index (χ0v) is 17.6. The summed E-state index contributed by atoms with van der Waals surface area (Å²) in [5, 5.41) is 58.9.